The lowest BCUT2D eigenvalue weighted by Gasteiger charge is -2.09. The lowest BCUT2D eigenvalue weighted by atomic mass is 10.1. The first-order valence-electron chi connectivity index (χ1n) is 7.51. The summed E-state index contributed by atoms with van der Waals surface area (Å²) >= 11 is 3.30. The molecule has 0 saturated heterocycles. The predicted octanol–water partition coefficient (Wildman–Crippen LogP) is 4.86. The third kappa shape index (κ3) is 3.76. The van der Waals surface area contributed by atoms with Gasteiger partial charge in [-0.2, -0.15) is 4.98 Å². The molecule has 1 atom stereocenters. The van der Waals surface area contributed by atoms with Crippen molar-refractivity contribution in [3.63, 3.8) is 0 Å². The third-order valence-corrected chi connectivity index (χ3v) is 4.29. The maximum absolute atomic E-state index is 13.7. The molecule has 0 bridgehead atoms. The minimum Gasteiger partial charge on any atom is -0.449 e. The fourth-order valence-electron chi connectivity index (χ4n) is 2.15. The number of benzene rings is 2. The molecule has 0 aliphatic carbocycles. The summed E-state index contributed by atoms with van der Waals surface area (Å²) in [5, 5.41) is 3.82. The van der Waals surface area contributed by atoms with Crippen molar-refractivity contribution in [3.8, 4) is 11.4 Å². The molecule has 3 rings (SSSR count). The summed E-state index contributed by atoms with van der Waals surface area (Å²) in [7, 11) is 0. The minimum atomic E-state index is -0.740. The molecule has 1 unspecified atom stereocenters. The van der Waals surface area contributed by atoms with Crippen molar-refractivity contribution in [3.05, 3.63) is 69.8 Å². The number of hydrogen-bond donors (Lipinski definition) is 0. The van der Waals surface area contributed by atoms with Crippen LogP contribution in [-0.2, 0) is 4.74 Å². The molecule has 0 aliphatic rings. The molecule has 25 heavy (non-hydrogen) atoms. The van der Waals surface area contributed by atoms with E-state index in [9.17, 15) is 9.18 Å². The molecule has 5 nitrogen and oxygen atoms in total. The molecule has 0 radical (unpaired) electrons. The lowest BCUT2D eigenvalue weighted by molar-refractivity contribution is 0.0264. The number of hydrogen-bond acceptors (Lipinski definition) is 5. The van der Waals surface area contributed by atoms with Gasteiger partial charge in [0, 0.05) is 10.0 Å². The number of nitrogens with zero attached hydrogens (tertiary/aromatic N) is 2. The highest BCUT2D eigenvalue weighted by molar-refractivity contribution is 9.10. The molecule has 0 amide bonds. The van der Waals surface area contributed by atoms with Gasteiger partial charge in [0.05, 0.1) is 5.56 Å². The molecular formula is C18H14BrFN2O3. The van der Waals surface area contributed by atoms with Crippen LogP contribution >= 0.6 is 15.9 Å². The van der Waals surface area contributed by atoms with E-state index < -0.39 is 12.1 Å². The Morgan fingerprint density at radius 3 is 2.76 bits per heavy atom. The summed E-state index contributed by atoms with van der Waals surface area (Å²) in [6.45, 7) is 3.30. The zero-order valence-corrected chi connectivity index (χ0v) is 15.1. The Morgan fingerprint density at radius 1 is 1.28 bits per heavy atom. The van der Waals surface area contributed by atoms with Crippen LogP contribution in [0, 0.1) is 12.7 Å². The molecule has 0 fully saturated rings. The van der Waals surface area contributed by atoms with E-state index in [1.165, 1.54) is 6.07 Å². The summed E-state index contributed by atoms with van der Waals surface area (Å²) in [5.74, 6) is -0.493. The van der Waals surface area contributed by atoms with Crippen LogP contribution in [0.15, 0.2) is 51.5 Å². The van der Waals surface area contributed by atoms with E-state index in [0.717, 1.165) is 0 Å². The van der Waals surface area contributed by atoms with Gasteiger partial charge in [0.15, 0.2) is 6.10 Å². The van der Waals surface area contributed by atoms with Crippen molar-refractivity contribution < 1.29 is 18.4 Å². The van der Waals surface area contributed by atoms with E-state index in [1.54, 1.807) is 50.2 Å². The van der Waals surface area contributed by atoms with Gasteiger partial charge in [0.2, 0.25) is 5.82 Å². The largest absolute Gasteiger partial charge is 0.449 e. The summed E-state index contributed by atoms with van der Waals surface area (Å²) in [4.78, 5) is 16.4. The number of aryl methyl sites for hydroxylation is 1. The third-order valence-electron chi connectivity index (χ3n) is 3.60. The molecule has 0 spiro atoms. The molecule has 2 aromatic carbocycles. The monoisotopic (exact) mass is 404 g/mol. The summed E-state index contributed by atoms with van der Waals surface area (Å²) in [6, 6.07) is 11.6. The Labute approximate surface area is 151 Å². The average molecular weight is 405 g/mol. The summed E-state index contributed by atoms with van der Waals surface area (Å²) in [6.07, 6.45) is -0.740. The number of rotatable bonds is 4. The maximum Gasteiger partial charge on any atom is 0.340 e. The highest BCUT2D eigenvalue weighted by Gasteiger charge is 2.21. The van der Waals surface area contributed by atoms with Crippen molar-refractivity contribution in [1.82, 2.24) is 10.1 Å². The number of esters is 1. The fourth-order valence-corrected chi connectivity index (χ4v) is 2.60. The second kappa shape index (κ2) is 7.14. The van der Waals surface area contributed by atoms with Crippen LogP contribution in [0.4, 0.5) is 4.39 Å². The van der Waals surface area contributed by atoms with E-state index in [1.807, 2.05) is 0 Å². The Kier molecular flexibility index (Phi) is 4.94. The zero-order chi connectivity index (χ0) is 18.0. The lowest BCUT2D eigenvalue weighted by Crippen LogP contribution is -2.10. The van der Waals surface area contributed by atoms with Crippen molar-refractivity contribution in [2.75, 3.05) is 0 Å². The molecule has 1 heterocycles. The van der Waals surface area contributed by atoms with E-state index in [2.05, 4.69) is 26.1 Å². The first-order chi connectivity index (χ1) is 12.0. The van der Waals surface area contributed by atoms with Gasteiger partial charge in [-0.1, -0.05) is 29.4 Å². The van der Waals surface area contributed by atoms with Gasteiger partial charge < -0.3 is 9.26 Å². The van der Waals surface area contributed by atoms with Crippen molar-refractivity contribution >= 4 is 21.9 Å². The first kappa shape index (κ1) is 17.3. The van der Waals surface area contributed by atoms with Crippen LogP contribution in [0.2, 0.25) is 0 Å². The second-order valence-electron chi connectivity index (χ2n) is 5.45. The molecule has 3 aromatic rings. The fraction of sp³-hybridized carbons (Fsp3) is 0.167. The normalized spacial score (nSPS) is 12.0. The highest BCUT2D eigenvalue weighted by atomic mass is 79.9. The van der Waals surface area contributed by atoms with Gasteiger partial charge in [0.25, 0.3) is 5.89 Å². The predicted molar refractivity (Wildman–Crippen MR) is 92.4 cm³/mol. The topological polar surface area (TPSA) is 65.2 Å². The quantitative estimate of drug-likeness (QED) is 0.580. The van der Waals surface area contributed by atoms with Crippen LogP contribution in [-0.4, -0.2) is 16.1 Å². The molecule has 0 N–H and O–H groups in total. The molecule has 0 saturated carbocycles. The zero-order valence-electron chi connectivity index (χ0n) is 13.5. The number of halogens is 2. The number of carbonyl (C=O) groups excluding carboxylic acids is 1. The van der Waals surface area contributed by atoms with Gasteiger partial charge in [-0.15, -0.1) is 0 Å². The number of ether oxygens (including phenoxy) is 1. The van der Waals surface area contributed by atoms with E-state index in [4.69, 9.17) is 9.26 Å². The second-order valence-corrected chi connectivity index (χ2v) is 6.30. The Morgan fingerprint density at radius 2 is 2.04 bits per heavy atom. The standard InChI is InChI=1S/C18H14BrFN2O3/c1-10-7-8-12(9-15(10)20)16-21-17(25-22-16)11(2)24-18(23)13-5-3-4-6-14(13)19/h3-9,11H,1-2H3. The summed E-state index contributed by atoms with van der Waals surface area (Å²) in [5.41, 5.74) is 1.42. The number of aromatic nitrogens is 2. The highest BCUT2D eigenvalue weighted by Crippen LogP contribution is 2.24. The van der Waals surface area contributed by atoms with E-state index in [-0.39, 0.29) is 17.5 Å². The molecule has 0 aliphatic heterocycles. The van der Waals surface area contributed by atoms with Gasteiger partial charge in [-0.3, -0.25) is 0 Å². The van der Waals surface area contributed by atoms with Crippen LogP contribution in [0.1, 0.15) is 34.8 Å². The Hall–Kier alpha value is -2.54. The molecular weight excluding hydrogens is 391 g/mol. The smallest absolute Gasteiger partial charge is 0.340 e. The Balaban J connectivity index is 1.76. The molecule has 1 aromatic heterocycles. The van der Waals surface area contributed by atoms with Crippen molar-refractivity contribution in [2.45, 2.75) is 20.0 Å². The van der Waals surface area contributed by atoms with Gasteiger partial charge in [-0.05, 0) is 53.5 Å². The van der Waals surface area contributed by atoms with Gasteiger partial charge in [-0.25, -0.2) is 9.18 Å². The van der Waals surface area contributed by atoms with Crippen LogP contribution in [0.3, 0.4) is 0 Å². The van der Waals surface area contributed by atoms with Crippen LogP contribution in [0.5, 0.6) is 0 Å². The maximum atomic E-state index is 13.7. The Bertz CT molecular complexity index is 926. The van der Waals surface area contributed by atoms with Crippen LogP contribution < -0.4 is 0 Å². The van der Waals surface area contributed by atoms with Gasteiger partial charge >= 0.3 is 5.97 Å². The van der Waals surface area contributed by atoms with Crippen molar-refractivity contribution in [2.24, 2.45) is 0 Å². The van der Waals surface area contributed by atoms with Crippen LogP contribution in [0.25, 0.3) is 11.4 Å². The molecule has 128 valence electrons. The first-order valence-corrected chi connectivity index (χ1v) is 8.30. The van der Waals surface area contributed by atoms with Gasteiger partial charge in [0.1, 0.15) is 5.82 Å². The van der Waals surface area contributed by atoms with E-state index >= 15 is 0 Å². The minimum absolute atomic E-state index is 0.136. The average Bonchev–Trinajstić information content (AvgIpc) is 3.08. The van der Waals surface area contributed by atoms with E-state index in [0.29, 0.717) is 21.2 Å². The van der Waals surface area contributed by atoms with Crippen molar-refractivity contribution in [1.29, 1.82) is 0 Å². The SMILES string of the molecule is Cc1ccc(-c2noc(C(C)OC(=O)c3ccccc3Br)n2)cc1F. The molecule has 7 heteroatoms. The number of carbonyl (C=O) groups is 1. The summed E-state index contributed by atoms with van der Waals surface area (Å²) < 4.78 is 24.8.